The molecule has 0 bridgehead atoms. The summed E-state index contributed by atoms with van der Waals surface area (Å²) >= 11 is 37.0. The fourth-order valence-corrected chi connectivity index (χ4v) is 3.58. The number of alkyl halides is 6. The highest BCUT2D eigenvalue weighted by molar-refractivity contribution is 6.77. The lowest BCUT2D eigenvalue weighted by Gasteiger charge is -2.37. The number of amidine groups is 1. The van der Waals surface area contributed by atoms with Gasteiger partial charge in [0.15, 0.2) is 5.84 Å². The van der Waals surface area contributed by atoms with Crippen molar-refractivity contribution in [1.29, 1.82) is 0 Å². The zero-order valence-corrected chi connectivity index (χ0v) is 17.6. The van der Waals surface area contributed by atoms with E-state index in [1.54, 1.807) is 6.07 Å². The number of methoxy groups -OCH3 is 1. The van der Waals surface area contributed by atoms with Gasteiger partial charge in [0.2, 0.25) is 13.2 Å². The van der Waals surface area contributed by atoms with Crippen LogP contribution in [0, 0.1) is 0 Å². The minimum Gasteiger partial charge on any atom is -0.496 e. The number of fused-ring (bicyclic) bond motifs is 1. The fraction of sp³-hybridized carbons (Fsp3) is 0.250. The molecule has 10 heteroatoms. The van der Waals surface area contributed by atoms with Crippen LogP contribution in [0.4, 0.5) is 0 Å². The van der Waals surface area contributed by atoms with Crippen molar-refractivity contribution in [2.24, 2.45) is 9.98 Å². The second-order valence-corrected chi connectivity index (χ2v) is 9.96. The van der Waals surface area contributed by atoms with Gasteiger partial charge in [-0.1, -0.05) is 99.9 Å². The van der Waals surface area contributed by atoms with Gasteiger partial charge in [-0.3, -0.25) is 0 Å². The molecule has 1 aliphatic heterocycles. The number of halogens is 6. The second kappa shape index (κ2) is 7.08. The van der Waals surface area contributed by atoms with Crippen LogP contribution in [-0.2, 0) is 5.66 Å². The number of hydrogen-bond donors (Lipinski definition) is 1. The molecule has 0 saturated heterocycles. The van der Waals surface area contributed by atoms with Gasteiger partial charge in [0.1, 0.15) is 5.75 Å². The predicted octanol–water partition coefficient (Wildman–Crippen LogP) is 5.77. The molecule has 3 rings (SSSR count). The molecule has 4 nitrogen and oxygen atoms in total. The highest BCUT2D eigenvalue weighted by Crippen LogP contribution is 2.54. The van der Waals surface area contributed by atoms with E-state index in [1.165, 1.54) is 13.4 Å². The summed E-state index contributed by atoms with van der Waals surface area (Å²) < 4.78 is 1.63. The highest BCUT2D eigenvalue weighted by atomic mass is 35.6. The van der Waals surface area contributed by atoms with E-state index >= 15 is 0 Å². The number of rotatable bonds is 2. The Labute approximate surface area is 180 Å². The van der Waals surface area contributed by atoms with Crippen LogP contribution in [0.5, 0.6) is 5.75 Å². The number of benzene rings is 2. The van der Waals surface area contributed by atoms with Gasteiger partial charge in [0.25, 0.3) is 0 Å². The first kappa shape index (κ1) is 20.1. The first-order valence-electron chi connectivity index (χ1n) is 7.20. The minimum absolute atomic E-state index is 0.0289. The smallest absolute Gasteiger partial charge is 0.247 e. The van der Waals surface area contributed by atoms with E-state index in [9.17, 15) is 0 Å². The standard InChI is InChI=1S/C16H11Cl6N3O/c1-26-11-7-6-9-4-2-3-5-10(9)12(11)14(16(20,21)22)24-8-23-13(25-14)15(17,18)19/h2-8H,1H3,(H,23,24,25). The van der Waals surface area contributed by atoms with Gasteiger partial charge >= 0.3 is 0 Å². The lowest BCUT2D eigenvalue weighted by molar-refractivity contribution is 0.385. The van der Waals surface area contributed by atoms with Crippen molar-refractivity contribution in [3.05, 3.63) is 42.0 Å². The number of nitrogens with one attached hydrogen (secondary N) is 1. The fourth-order valence-electron chi connectivity index (χ4n) is 2.73. The first-order chi connectivity index (χ1) is 12.1. The maximum absolute atomic E-state index is 6.35. The Balaban J connectivity index is 2.43. The van der Waals surface area contributed by atoms with Crippen molar-refractivity contribution >= 4 is 92.6 Å². The van der Waals surface area contributed by atoms with Crippen LogP contribution in [0.2, 0.25) is 0 Å². The third-order valence-corrected chi connectivity index (χ3v) is 5.18. The van der Waals surface area contributed by atoms with Crippen LogP contribution in [0.1, 0.15) is 5.56 Å². The van der Waals surface area contributed by atoms with Crippen molar-refractivity contribution < 1.29 is 4.74 Å². The Morgan fingerprint density at radius 1 is 1.00 bits per heavy atom. The molecule has 0 fully saturated rings. The lowest BCUT2D eigenvalue weighted by atomic mass is 9.93. The third kappa shape index (κ3) is 3.44. The van der Waals surface area contributed by atoms with Gasteiger partial charge < -0.3 is 10.1 Å². The van der Waals surface area contributed by atoms with Gasteiger partial charge in [0, 0.05) is 0 Å². The molecule has 2 aromatic rings. The second-order valence-electron chi connectivity index (χ2n) is 5.39. The molecule has 26 heavy (non-hydrogen) atoms. The molecule has 0 saturated carbocycles. The average Bonchev–Trinajstić information content (AvgIpc) is 2.59. The molecule has 1 heterocycles. The summed E-state index contributed by atoms with van der Waals surface area (Å²) in [5.74, 6) is 0.403. The van der Waals surface area contributed by atoms with Crippen molar-refractivity contribution in [3.8, 4) is 5.75 Å². The maximum Gasteiger partial charge on any atom is 0.247 e. The molecule has 0 aliphatic carbocycles. The molecule has 0 amide bonds. The molecule has 138 valence electrons. The summed E-state index contributed by atoms with van der Waals surface area (Å²) in [5.41, 5.74) is -1.28. The molecule has 1 unspecified atom stereocenters. The van der Waals surface area contributed by atoms with Gasteiger partial charge in [-0.05, 0) is 16.8 Å². The molecule has 2 aromatic carbocycles. The quantitative estimate of drug-likeness (QED) is 0.562. The number of nitrogens with zero attached hydrogens (tertiary/aromatic N) is 2. The Morgan fingerprint density at radius 2 is 1.69 bits per heavy atom. The van der Waals surface area contributed by atoms with E-state index in [2.05, 4.69) is 15.3 Å². The van der Waals surface area contributed by atoms with Gasteiger partial charge in [-0.2, -0.15) is 0 Å². The van der Waals surface area contributed by atoms with Crippen molar-refractivity contribution in [2.45, 2.75) is 13.2 Å². The molecule has 1 N–H and O–H groups in total. The Hall–Kier alpha value is -0.620. The molecule has 0 radical (unpaired) electrons. The number of ether oxygens (including phenoxy) is 1. The minimum atomic E-state index is -2.01. The summed E-state index contributed by atoms with van der Waals surface area (Å²) in [5, 5.41) is 4.31. The normalized spacial score (nSPS) is 20.7. The number of aliphatic imine (C=N–C) groups is 2. The van der Waals surface area contributed by atoms with E-state index in [0.717, 1.165) is 10.8 Å². The van der Waals surface area contributed by atoms with Crippen LogP contribution < -0.4 is 10.1 Å². The van der Waals surface area contributed by atoms with Gasteiger partial charge in [0.05, 0.1) is 19.0 Å². The lowest BCUT2D eigenvalue weighted by Crippen LogP contribution is -2.47. The van der Waals surface area contributed by atoms with Crippen LogP contribution in [0.3, 0.4) is 0 Å². The molecule has 0 aromatic heterocycles. The zero-order chi connectivity index (χ0) is 19.2. The Morgan fingerprint density at radius 3 is 2.31 bits per heavy atom. The maximum atomic E-state index is 6.35. The van der Waals surface area contributed by atoms with Gasteiger partial charge in [-0.15, -0.1) is 0 Å². The first-order valence-corrected chi connectivity index (χ1v) is 9.47. The summed E-state index contributed by atoms with van der Waals surface area (Å²) in [7, 11) is 1.50. The molecule has 1 aliphatic rings. The van der Waals surface area contributed by atoms with Crippen LogP contribution >= 0.6 is 69.6 Å². The average molecular weight is 474 g/mol. The van der Waals surface area contributed by atoms with Crippen molar-refractivity contribution in [3.63, 3.8) is 0 Å². The van der Waals surface area contributed by atoms with E-state index in [-0.39, 0.29) is 5.84 Å². The van der Waals surface area contributed by atoms with E-state index in [0.29, 0.717) is 11.3 Å². The summed E-state index contributed by atoms with van der Waals surface area (Å²) in [4.78, 5) is 8.77. The van der Waals surface area contributed by atoms with E-state index in [1.807, 2.05) is 30.3 Å². The molecule has 0 spiro atoms. The highest BCUT2D eigenvalue weighted by Gasteiger charge is 2.55. The van der Waals surface area contributed by atoms with E-state index in [4.69, 9.17) is 74.3 Å². The van der Waals surface area contributed by atoms with Crippen LogP contribution in [0.25, 0.3) is 10.8 Å². The topological polar surface area (TPSA) is 46.0 Å². The van der Waals surface area contributed by atoms with E-state index < -0.39 is 13.2 Å². The summed E-state index contributed by atoms with van der Waals surface area (Å²) in [6.07, 6.45) is 1.29. The summed E-state index contributed by atoms with van der Waals surface area (Å²) in [6.45, 7) is 0. The summed E-state index contributed by atoms with van der Waals surface area (Å²) in [6, 6.07) is 11.1. The van der Waals surface area contributed by atoms with Gasteiger partial charge in [-0.25, -0.2) is 9.98 Å². The van der Waals surface area contributed by atoms with Crippen molar-refractivity contribution in [1.82, 2.24) is 5.32 Å². The SMILES string of the molecule is COc1ccc2ccccc2c1C1(C(Cl)(Cl)Cl)N=CNC(C(Cl)(Cl)Cl)=N1. The molecule has 1 atom stereocenters. The molecular formula is C16H11Cl6N3O. The number of hydrogen-bond acceptors (Lipinski definition) is 4. The monoisotopic (exact) mass is 471 g/mol. The van der Waals surface area contributed by atoms with Crippen molar-refractivity contribution in [2.75, 3.05) is 7.11 Å². The largest absolute Gasteiger partial charge is 0.496 e. The molecular weight excluding hydrogens is 463 g/mol. The third-order valence-electron chi connectivity index (χ3n) is 3.85. The zero-order valence-electron chi connectivity index (χ0n) is 13.1. The Kier molecular flexibility index (Phi) is 5.48. The van der Waals surface area contributed by atoms with Crippen LogP contribution in [0.15, 0.2) is 46.4 Å². The predicted molar refractivity (Wildman–Crippen MR) is 112 cm³/mol. The van der Waals surface area contributed by atoms with Crippen LogP contribution in [-0.4, -0.2) is 26.9 Å². The Bertz CT molecular complexity index is 903.